The van der Waals surface area contributed by atoms with Gasteiger partial charge in [0.25, 0.3) is 5.91 Å². The first kappa shape index (κ1) is 20.5. The molecule has 0 bridgehead atoms. The SMILES string of the molecule is CC(C)(C)c1ccc(C(=O)NC(=S)Nc2ccc(CN3CCCC3)cc2)cc1. The van der Waals surface area contributed by atoms with Gasteiger partial charge in [-0.05, 0) is 79.0 Å². The van der Waals surface area contributed by atoms with E-state index in [4.69, 9.17) is 12.2 Å². The van der Waals surface area contributed by atoms with Crippen molar-refractivity contribution in [1.82, 2.24) is 10.2 Å². The zero-order valence-corrected chi connectivity index (χ0v) is 17.7. The van der Waals surface area contributed by atoms with Crippen LogP contribution in [0.4, 0.5) is 5.69 Å². The standard InChI is InChI=1S/C23H29N3OS/c1-23(2,3)19-10-8-18(9-11-19)21(27)25-22(28)24-20-12-6-17(7-13-20)16-26-14-4-5-15-26/h6-13H,4-5,14-16H2,1-3H3,(H2,24,25,27,28). The summed E-state index contributed by atoms with van der Waals surface area (Å²) in [4.78, 5) is 14.9. The summed E-state index contributed by atoms with van der Waals surface area (Å²) in [6, 6.07) is 15.9. The molecule has 28 heavy (non-hydrogen) atoms. The number of likely N-dealkylation sites (tertiary alicyclic amines) is 1. The molecule has 1 heterocycles. The number of hydrogen-bond acceptors (Lipinski definition) is 3. The summed E-state index contributed by atoms with van der Waals surface area (Å²) in [5, 5.41) is 6.14. The van der Waals surface area contributed by atoms with Crippen molar-refractivity contribution in [1.29, 1.82) is 0 Å². The van der Waals surface area contributed by atoms with Gasteiger partial charge in [0.2, 0.25) is 0 Å². The number of hydrogen-bond donors (Lipinski definition) is 2. The maximum Gasteiger partial charge on any atom is 0.257 e. The summed E-state index contributed by atoms with van der Waals surface area (Å²) >= 11 is 5.29. The molecule has 2 aromatic carbocycles. The predicted molar refractivity (Wildman–Crippen MR) is 120 cm³/mol. The third-order valence-corrected chi connectivity index (χ3v) is 5.26. The lowest BCUT2D eigenvalue weighted by molar-refractivity contribution is 0.0977. The summed E-state index contributed by atoms with van der Waals surface area (Å²) in [6.45, 7) is 9.82. The minimum atomic E-state index is -0.205. The Labute approximate surface area is 173 Å². The number of nitrogens with zero attached hydrogens (tertiary/aromatic N) is 1. The van der Waals surface area contributed by atoms with Gasteiger partial charge in [-0.3, -0.25) is 15.0 Å². The molecule has 4 nitrogen and oxygen atoms in total. The summed E-state index contributed by atoms with van der Waals surface area (Å²) in [5.74, 6) is -0.205. The van der Waals surface area contributed by atoms with Crippen LogP contribution in [-0.2, 0) is 12.0 Å². The molecule has 3 rings (SSSR count). The fourth-order valence-electron chi connectivity index (χ4n) is 3.35. The van der Waals surface area contributed by atoms with E-state index in [1.54, 1.807) is 0 Å². The van der Waals surface area contributed by atoms with Crippen LogP contribution in [0.15, 0.2) is 48.5 Å². The topological polar surface area (TPSA) is 44.4 Å². The predicted octanol–water partition coefficient (Wildman–Crippen LogP) is 4.71. The van der Waals surface area contributed by atoms with Crippen LogP contribution >= 0.6 is 12.2 Å². The van der Waals surface area contributed by atoms with Crippen molar-refractivity contribution in [3.63, 3.8) is 0 Å². The molecule has 2 aromatic rings. The minimum absolute atomic E-state index is 0.0623. The Morgan fingerprint density at radius 3 is 2.18 bits per heavy atom. The third kappa shape index (κ3) is 5.63. The van der Waals surface area contributed by atoms with Crippen LogP contribution in [0.25, 0.3) is 0 Å². The van der Waals surface area contributed by atoms with Crippen LogP contribution in [0, 0.1) is 0 Å². The van der Waals surface area contributed by atoms with E-state index in [0.717, 1.165) is 12.2 Å². The van der Waals surface area contributed by atoms with Crippen LogP contribution in [0.2, 0.25) is 0 Å². The van der Waals surface area contributed by atoms with Gasteiger partial charge in [-0.15, -0.1) is 0 Å². The van der Waals surface area contributed by atoms with Gasteiger partial charge in [-0.2, -0.15) is 0 Å². The Hall–Kier alpha value is -2.24. The smallest absolute Gasteiger partial charge is 0.257 e. The van der Waals surface area contributed by atoms with Crippen molar-refractivity contribution in [2.75, 3.05) is 18.4 Å². The van der Waals surface area contributed by atoms with Crippen molar-refractivity contribution in [2.45, 2.75) is 45.6 Å². The molecule has 0 atom stereocenters. The Bertz CT molecular complexity index is 816. The lowest BCUT2D eigenvalue weighted by atomic mass is 9.87. The van der Waals surface area contributed by atoms with Gasteiger partial charge in [0.1, 0.15) is 0 Å². The molecule has 148 valence electrons. The highest BCUT2D eigenvalue weighted by atomic mass is 32.1. The van der Waals surface area contributed by atoms with Crippen molar-refractivity contribution < 1.29 is 4.79 Å². The van der Waals surface area contributed by atoms with Crippen LogP contribution < -0.4 is 10.6 Å². The molecule has 0 aromatic heterocycles. The largest absolute Gasteiger partial charge is 0.332 e. The molecule has 1 fully saturated rings. The average molecular weight is 396 g/mol. The Morgan fingerprint density at radius 2 is 1.61 bits per heavy atom. The molecular formula is C23H29N3OS. The average Bonchev–Trinajstić information content (AvgIpc) is 3.16. The van der Waals surface area contributed by atoms with Gasteiger partial charge in [0, 0.05) is 17.8 Å². The first-order chi connectivity index (χ1) is 13.3. The number of benzene rings is 2. The molecule has 0 aliphatic carbocycles. The van der Waals surface area contributed by atoms with E-state index in [1.807, 2.05) is 36.4 Å². The van der Waals surface area contributed by atoms with Gasteiger partial charge in [0.15, 0.2) is 5.11 Å². The van der Waals surface area contributed by atoms with E-state index < -0.39 is 0 Å². The number of carbonyl (C=O) groups is 1. The fraction of sp³-hybridized carbons (Fsp3) is 0.391. The summed E-state index contributed by atoms with van der Waals surface area (Å²) in [5.41, 5.74) is 4.02. The molecule has 0 radical (unpaired) electrons. The number of nitrogens with one attached hydrogen (secondary N) is 2. The van der Waals surface area contributed by atoms with E-state index in [0.29, 0.717) is 10.7 Å². The molecule has 1 aliphatic rings. The van der Waals surface area contributed by atoms with E-state index in [9.17, 15) is 4.79 Å². The Kier molecular flexibility index (Phi) is 6.47. The molecule has 0 saturated carbocycles. The van der Waals surface area contributed by atoms with E-state index in [-0.39, 0.29) is 11.3 Å². The molecule has 2 N–H and O–H groups in total. The normalized spacial score (nSPS) is 14.7. The van der Waals surface area contributed by atoms with Gasteiger partial charge in [-0.1, -0.05) is 45.0 Å². The van der Waals surface area contributed by atoms with Crippen LogP contribution in [-0.4, -0.2) is 29.0 Å². The van der Waals surface area contributed by atoms with E-state index >= 15 is 0 Å². The Morgan fingerprint density at radius 1 is 1.00 bits per heavy atom. The minimum Gasteiger partial charge on any atom is -0.332 e. The van der Waals surface area contributed by atoms with Gasteiger partial charge < -0.3 is 5.32 Å². The number of carbonyl (C=O) groups excluding carboxylic acids is 1. The summed E-state index contributed by atoms with van der Waals surface area (Å²) in [7, 11) is 0. The molecule has 0 unspecified atom stereocenters. The van der Waals surface area contributed by atoms with E-state index in [2.05, 4.69) is 48.4 Å². The fourth-order valence-corrected chi connectivity index (χ4v) is 3.56. The number of rotatable bonds is 4. The monoisotopic (exact) mass is 395 g/mol. The maximum atomic E-state index is 12.4. The van der Waals surface area contributed by atoms with Crippen molar-refractivity contribution in [3.8, 4) is 0 Å². The molecule has 5 heteroatoms. The first-order valence-corrected chi connectivity index (χ1v) is 10.3. The molecular weight excluding hydrogens is 366 g/mol. The first-order valence-electron chi connectivity index (χ1n) is 9.85. The quantitative estimate of drug-likeness (QED) is 0.736. The summed E-state index contributed by atoms with van der Waals surface area (Å²) < 4.78 is 0. The van der Waals surface area contributed by atoms with E-state index in [1.165, 1.54) is 37.1 Å². The van der Waals surface area contributed by atoms with Crippen molar-refractivity contribution >= 4 is 28.9 Å². The second-order valence-corrected chi connectivity index (χ2v) is 8.82. The number of anilines is 1. The Balaban J connectivity index is 1.52. The van der Waals surface area contributed by atoms with Crippen LogP contribution in [0.5, 0.6) is 0 Å². The van der Waals surface area contributed by atoms with Crippen molar-refractivity contribution in [2.24, 2.45) is 0 Å². The second-order valence-electron chi connectivity index (χ2n) is 8.42. The highest BCUT2D eigenvalue weighted by molar-refractivity contribution is 7.80. The highest BCUT2D eigenvalue weighted by Gasteiger charge is 2.15. The lowest BCUT2D eigenvalue weighted by Gasteiger charge is -2.19. The lowest BCUT2D eigenvalue weighted by Crippen LogP contribution is -2.34. The zero-order valence-electron chi connectivity index (χ0n) is 16.9. The number of thiocarbonyl (C=S) groups is 1. The summed E-state index contributed by atoms with van der Waals surface area (Å²) in [6.07, 6.45) is 2.60. The molecule has 1 aliphatic heterocycles. The zero-order chi connectivity index (χ0) is 20.1. The number of amides is 1. The molecule has 1 amide bonds. The maximum absolute atomic E-state index is 12.4. The van der Waals surface area contributed by atoms with Crippen LogP contribution in [0.3, 0.4) is 0 Å². The van der Waals surface area contributed by atoms with Gasteiger partial charge in [-0.25, -0.2) is 0 Å². The molecule has 1 saturated heterocycles. The van der Waals surface area contributed by atoms with Crippen LogP contribution in [0.1, 0.15) is 55.1 Å². The van der Waals surface area contributed by atoms with Gasteiger partial charge >= 0.3 is 0 Å². The second kappa shape index (κ2) is 8.84. The third-order valence-electron chi connectivity index (χ3n) is 5.06. The highest BCUT2D eigenvalue weighted by Crippen LogP contribution is 2.22. The molecule has 0 spiro atoms. The van der Waals surface area contributed by atoms with Gasteiger partial charge in [0.05, 0.1) is 0 Å². The van der Waals surface area contributed by atoms with Crippen molar-refractivity contribution in [3.05, 3.63) is 65.2 Å².